The summed E-state index contributed by atoms with van der Waals surface area (Å²) in [5, 5.41) is 10.2. The summed E-state index contributed by atoms with van der Waals surface area (Å²) in [6, 6.07) is 7.03. The third-order valence-electron chi connectivity index (χ3n) is 2.50. The maximum absolute atomic E-state index is 11.6. The fourth-order valence-electron chi connectivity index (χ4n) is 1.63. The van der Waals surface area contributed by atoms with Crippen LogP contribution in [0.15, 0.2) is 29.8 Å². The van der Waals surface area contributed by atoms with E-state index in [4.69, 9.17) is 16.3 Å². The van der Waals surface area contributed by atoms with Crippen molar-refractivity contribution < 1.29 is 19.4 Å². The number of alkyl halides is 1. The molecule has 90 valence electrons. The van der Waals surface area contributed by atoms with Crippen molar-refractivity contribution in [2.24, 2.45) is 0 Å². The van der Waals surface area contributed by atoms with Crippen LogP contribution in [0.5, 0.6) is 5.75 Å². The van der Waals surface area contributed by atoms with Gasteiger partial charge in [-0.1, -0.05) is 18.2 Å². The van der Waals surface area contributed by atoms with E-state index < -0.39 is 11.8 Å². The van der Waals surface area contributed by atoms with Crippen LogP contribution in [-0.2, 0) is 9.53 Å². The largest absolute Gasteiger partial charge is 0.465 e. The van der Waals surface area contributed by atoms with Crippen molar-refractivity contribution in [3.05, 3.63) is 35.4 Å². The van der Waals surface area contributed by atoms with Crippen LogP contribution in [0.25, 0.3) is 6.08 Å². The number of rotatable bonds is 2. The molecule has 1 atom stereocenters. The molecule has 4 nitrogen and oxygen atoms in total. The average molecular weight is 255 g/mol. The van der Waals surface area contributed by atoms with Crippen molar-refractivity contribution in [2.45, 2.75) is 5.79 Å². The average Bonchev–Trinajstić information content (AvgIpc) is 2.37. The molecule has 0 aliphatic carbocycles. The van der Waals surface area contributed by atoms with Gasteiger partial charge in [-0.25, -0.2) is 4.79 Å². The van der Waals surface area contributed by atoms with E-state index >= 15 is 0 Å². The van der Waals surface area contributed by atoms with E-state index in [-0.39, 0.29) is 11.5 Å². The fourth-order valence-corrected chi connectivity index (χ4v) is 1.82. The standard InChI is InChI=1S/C12H11ClO4/c1-16-11(14)9-6-8-4-2-3-5-10(8)17-12(9,15)7-13/h2-6,15H,7H2,1H3. The van der Waals surface area contributed by atoms with Gasteiger partial charge in [0.15, 0.2) is 0 Å². The highest BCUT2D eigenvalue weighted by molar-refractivity contribution is 6.19. The molecule has 1 aliphatic rings. The van der Waals surface area contributed by atoms with Crippen molar-refractivity contribution in [3.8, 4) is 5.75 Å². The van der Waals surface area contributed by atoms with E-state index in [0.29, 0.717) is 11.3 Å². The Kier molecular flexibility index (Phi) is 3.09. The monoisotopic (exact) mass is 254 g/mol. The molecule has 17 heavy (non-hydrogen) atoms. The molecule has 1 aliphatic heterocycles. The first-order valence-electron chi connectivity index (χ1n) is 4.97. The Morgan fingerprint density at radius 2 is 2.24 bits per heavy atom. The quantitative estimate of drug-likeness (QED) is 0.643. The van der Waals surface area contributed by atoms with Crippen LogP contribution in [0.2, 0.25) is 0 Å². The number of hydrogen-bond donors (Lipinski definition) is 1. The van der Waals surface area contributed by atoms with Gasteiger partial charge in [0.2, 0.25) is 0 Å². The first-order valence-corrected chi connectivity index (χ1v) is 5.51. The Morgan fingerprint density at radius 1 is 1.53 bits per heavy atom. The van der Waals surface area contributed by atoms with Crippen LogP contribution in [0.3, 0.4) is 0 Å². The third-order valence-corrected chi connectivity index (χ3v) is 2.87. The summed E-state index contributed by atoms with van der Waals surface area (Å²) in [6.45, 7) is 0. The lowest BCUT2D eigenvalue weighted by Crippen LogP contribution is -2.44. The minimum atomic E-state index is -1.84. The summed E-state index contributed by atoms with van der Waals surface area (Å²) < 4.78 is 9.95. The number of carbonyl (C=O) groups excluding carboxylic acids is 1. The number of aliphatic hydroxyl groups is 1. The summed E-state index contributed by atoms with van der Waals surface area (Å²) in [6.07, 6.45) is 1.52. The Bertz CT molecular complexity index is 483. The van der Waals surface area contributed by atoms with Crippen LogP contribution in [0.4, 0.5) is 0 Å². The van der Waals surface area contributed by atoms with E-state index in [1.807, 2.05) is 0 Å². The molecule has 1 aromatic rings. The number of fused-ring (bicyclic) bond motifs is 1. The number of esters is 1. The first kappa shape index (κ1) is 12.0. The second-order valence-corrected chi connectivity index (χ2v) is 3.87. The van der Waals surface area contributed by atoms with E-state index in [1.54, 1.807) is 24.3 Å². The SMILES string of the molecule is COC(=O)C1=Cc2ccccc2OC1(O)CCl. The third kappa shape index (κ3) is 2.01. The van der Waals surface area contributed by atoms with Gasteiger partial charge in [-0.15, -0.1) is 11.6 Å². The molecule has 2 rings (SSSR count). The molecule has 0 saturated heterocycles. The number of halogens is 1. The number of hydrogen-bond acceptors (Lipinski definition) is 4. The Labute approximate surface area is 103 Å². The van der Waals surface area contributed by atoms with Crippen molar-refractivity contribution in [3.63, 3.8) is 0 Å². The molecule has 1 unspecified atom stereocenters. The van der Waals surface area contributed by atoms with Crippen LogP contribution in [0, 0.1) is 0 Å². The number of para-hydroxylation sites is 1. The minimum absolute atomic E-state index is 0.00583. The zero-order valence-corrected chi connectivity index (χ0v) is 9.90. The number of ether oxygens (including phenoxy) is 2. The van der Waals surface area contributed by atoms with Crippen LogP contribution < -0.4 is 4.74 Å². The van der Waals surface area contributed by atoms with Crippen molar-refractivity contribution in [1.29, 1.82) is 0 Å². The highest BCUT2D eigenvalue weighted by atomic mass is 35.5. The van der Waals surface area contributed by atoms with E-state index in [1.165, 1.54) is 13.2 Å². The molecule has 0 radical (unpaired) electrons. The predicted molar refractivity (Wildman–Crippen MR) is 62.7 cm³/mol. The summed E-state index contributed by atoms with van der Waals surface area (Å²) in [7, 11) is 1.23. The Morgan fingerprint density at radius 3 is 2.88 bits per heavy atom. The lowest BCUT2D eigenvalue weighted by molar-refractivity contribution is -0.146. The maximum Gasteiger partial charge on any atom is 0.340 e. The predicted octanol–water partition coefficient (Wildman–Crippen LogP) is 1.56. The second-order valence-electron chi connectivity index (χ2n) is 3.61. The van der Waals surface area contributed by atoms with Crippen LogP contribution in [0.1, 0.15) is 5.56 Å². The van der Waals surface area contributed by atoms with E-state index in [9.17, 15) is 9.90 Å². The lowest BCUT2D eigenvalue weighted by Gasteiger charge is -2.32. The van der Waals surface area contributed by atoms with Crippen LogP contribution in [-0.4, -0.2) is 29.9 Å². The summed E-state index contributed by atoms with van der Waals surface area (Å²) >= 11 is 5.66. The second kappa shape index (κ2) is 4.39. The van der Waals surface area contributed by atoms with Gasteiger partial charge in [-0.3, -0.25) is 0 Å². The summed E-state index contributed by atoms with van der Waals surface area (Å²) in [4.78, 5) is 11.6. The molecule has 1 heterocycles. The first-order chi connectivity index (χ1) is 8.10. The molecule has 1 N–H and O–H groups in total. The zero-order valence-electron chi connectivity index (χ0n) is 9.14. The molecule has 0 saturated carbocycles. The smallest absolute Gasteiger partial charge is 0.340 e. The van der Waals surface area contributed by atoms with E-state index in [0.717, 1.165) is 0 Å². The zero-order chi connectivity index (χ0) is 12.5. The molecular formula is C12H11ClO4. The highest BCUT2D eigenvalue weighted by Crippen LogP contribution is 2.35. The van der Waals surface area contributed by atoms with Crippen molar-refractivity contribution in [2.75, 3.05) is 13.0 Å². The van der Waals surface area contributed by atoms with Crippen LogP contribution >= 0.6 is 11.6 Å². The Balaban J connectivity index is 2.53. The maximum atomic E-state index is 11.6. The van der Waals surface area contributed by atoms with Crippen molar-refractivity contribution >= 4 is 23.6 Å². The van der Waals surface area contributed by atoms with Gasteiger partial charge < -0.3 is 14.6 Å². The van der Waals surface area contributed by atoms with E-state index in [2.05, 4.69) is 4.74 Å². The van der Waals surface area contributed by atoms with Gasteiger partial charge in [0, 0.05) is 5.56 Å². The summed E-state index contributed by atoms with van der Waals surface area (Å²) in [5.74, 6) is -2.29. The van der Waals surface area contributed by atoms with Gasteiger partial charge in [0.25, 0.3) is 5.79 Å². The Hall–Kier alpha value is -1.52. The molecule has 0 bridgehead atoms. The fraction of sp³-hybridized carbons (Fsp3) is 0.250. The number of carbonyl (C=O) groups is 1. The van der Waals surface area contributed by atoms with Gasteiger partial charge in [-0.2, -0.15) is 0 Å². The normalized spacial score (nSPS) is 22.2. The van der Waals surface area contributed by atoms with Gasteiger partial charge in [-0.05, 0) is 12.1 Å². The molecule has 0 fully saturated rings. The number of methoxy groups -OCH3 is 1. The molecule has 0 aromatic heterocycles. The topological polar surface area (TPSA) is 55.8 Å². The van der Waals surface area contributed by atoms with Gasteiger partial charge in [0.1, 0.15) is 11.3 Å². The molecule has 1 aromatic carbocycles. The van der Waals surface area contributed by atoms with Crippen molar-refractivity contribution in [1.82, 2.24) is 0 Å². The molecule has 5 heteroatoms. The molecule has 0 spiro atoms. The lowest BCUT2D eigenvalue weighted by atomic mass is 10.00. The molecular weight excluding hydrogens is 244 g/mol. The van der Waals surface area contributed by atoms with Gasteiger partial charge in [0.05, 0.1) is 13.0 Å². The summed E-state index contributed by atoms with van der Waals surface area (Å²) in [5.41, 5.74) is 0.691. The number of benzene rings is 1. The highest BCUT2D eigenvalue weighted by Gasteiger charge is 2.41. The molecule has 0 amide bonds. The van der Waals surface area contributed by atoms with Gasteiger partial charge >= 0.3 is 5.97 Å². The minimum Gasteiger partial charge on any atom is -0.465 e.